The van der Waals surface area contributed by atoms with Gasteiger partial charge >= 0.3 is 0 Å². The Balaban J connectivity index is 1.22. The SMILES string of the molecule is C1=CC(C2=CCC3C(C2)C2CCCCC2N3C2CCCCC2)=CC(C2CCCCC2)C1. The van der Waals surface area contributed by atoms with Crippen molar-refractivity contribution in [3.63, 3.8) is 0 Å². The van der Waals surface area contributed by atoms with Crippen LogP contribution in [0, 0.1) is 23.7 Å². The Kier molecular flexibility index (Phi) is 6.16. The zero-order valence-electron chi connectivity index (χ0n) is 19.8. The Morgan fingerprint density at radius 1 is 0.677 bits per heavy atom. The van der Waals surface area contributed by atoms with Crippen molar-refractivity contribution >= 4 is 0 Å². The Morgan fingerprint density at radius 3 is 2.26 bits per heavy atom. The molecule has 0 radical (unpaired) electrons. The first-order valence-corrected chi connectivity index (χ1v) is 14.2. The predicted octanol–water partition coefficient (Wildman–Crippen LogP) is 7.98. The molecule has 31 heavy (non-hydrogen) atoms. The van der Waals surface area contributed by atoms with Crippen molar-refractivity contribution in [2.75, 3.05) is 0 Å². The minimum atomic E-state index is 0.823. The van der Waals surface area contributed by atoms with Gasteiger partial charge in [0.05, 0.1) is 0 Å². The van der Waals surface area contributed by atoms with Gasteiger partial charge in [0.1, 0.15) is 0 Å². The molecule has 0 aromatic carbocycles. The van der Waals surface area contributed by atoms with E-state index >= 15 is 0 Å². The predicted molar refractivity (Wildman–Crippen MR) is 131 cm³/mol. The number of hydrogen-bond donors (Lipinski definition) is 0. The quantitative estimate of drug-likeness (QED) is 0.448. The van der Waals surface area contributed by atoms with Crippen LogP contribution in [0.25, 0.3) is 0 Å². The highest BCUT2D eigenvalue weighted by atomic mass is 15.3. The van der Waals surface area contributed by atoms with Gasteiger partial charge in [-0.15, -0.1) is 0 Å². The highest BCUT2D eigenvalue weighted by Crippen LogP contribution is 2.52. The molecule has 0 spiro atoms. The van der Waals surface area contributed by atoms with E-state index in [1.54, 1.807) is 11.1 Å². The molecule has 1 saturated heterocycles. The lowest BCUT2D eigenvalue weighted by atomic mass is 9.71. The van der Waals surface area contributed by atoms with Gasteiger partial charge < -0.3 is 0 Å². The van der Waals surface area contributed by atoms with Gasteiger partial charge in [0.15, 0.2) is 0 Å². The highest BCUT2D eigenvalue weighted by Gasteiger charge is 2.51. The molecule has 0 amide bonds. The van der Waals surface area contributed by atoms with Crippen molar-refractivity contribution < 1.29 is 0 Å². The fourth-order valence-electron chi connectivity index (χ4n) is 8.91. The molecule has 170 valence electrons. The highest BCUT2D eigenvalue weighted by molar-refractivity contribution is 5.44. The van der Waals surface area contributed by atoms with Crippen molar-refractivity contribution in [1.29, 1.82) is 0 Å². The summed E-state index contributed by atoms with van der Waals surface area (Å²) in [5.74, 6) is 3.72. The summed E-state index contributed by atoms with van der Waals surface area (Å²) in [6.07, 6.45) is 35.3. The van der Waals surface area contributed by atoms with E-state index in [1.165, 1.54) is 109 Å². The monoisotopic (exact) mass is 419 g/mol. The maximum atomic E-state index is 3.14. The van der Waals surface area contributed by atoms with Crippen LogP contribution < -0.4 is 0 Å². The van der Waals surface area contributed by atoms with E-state index in [2.05, 4.69) is 29.2 Å². The molecule has 1 heterocycles. The van der Waals surface area contributed by atoms with Crippen LogP contribution >= 0.6 is 0 Å². The summed E-state index contributed by atoms with van der Waals surface area (Å²) in [6.45, 7) is 0. The molecule has 4 fully saturated rings. The maximum absolute atomic E-state index is 3.14. The average Bonchev–Trinajstić information content (AvgIpc) is 3.19. The van der Waals surface area contributed by atoms with Crippen molar-refractivity contribution in [2.45, 2.75) is 127 Å². The minimum absolute atomic E-state index is 0.823. The fourth-order valence-corrected chi connectivity index (χ4v) is 8.91. The number of hydrogen-bond acceptors (Lipinski definition) is 1. The number of allylic oxidation sites excluding steroid dienone is 5. The average molecular weight is 420 g/mol. The summed E-state index contributed by atoms with van der Waals surface area (Å²) < 4.78 is 0. The van der Waals surface area contributed by atoms with Crippen molar-refractivity contribution in [3.05, 3.63) is 35.5 Å². The third-order valence-electron chi connectivity index (χ3n) is 10.4. The molecule has 5 unspecified atom stereocenters. The van der Waals surface area contributed by atoms with Gasteiger partial charge in [-0.25, -0.2) is 0 Å². The molecule has 5 atom stereocenters. The molecule has 1 aliphatic heterocycles. The summed E-state index contributed by atoms with van der Waals surface area (Å²) >= 11 is 0. The molecule has 1 heteroatoms. The zero-order valence-corrected chi connectivity index (χ0v) is 19.8. The van der Waals surface area contributed by atoms with E-state index in [9.17, 15) is 0 Å². The van der Waals surface area contributed by atoms with E-state index in [-0.39, 0.29) is 0 Å². The molecule has 1 nitrogen and oxygen atoms in total. The molecular formula is C30H45N. The summed E-state index contributed by atoms with van der Waals surface area (Å²) in [5.41, 5.74) is 3.36. The molecule has 6 rings (SSSR count). The largest absolute Gasteiger partial charge is 0.294 e. The van der Waals surface area contributed by atoms with Crippen LogP contribution in [-0.2, 0) is 0 Å². The van der Waals surface area contributed by atoms with Crippen LogP contribution in [0.1, 0.15) is 109 Å². The van der Waals surface area contributed by atoms with Gasteiger partial charge in [-0.05, 0) is 92.6 Å². The summed E-state index contributed by atoms with van der Waals surface area (Å²) in [7, 11) is 0. The van der Waals surface area contributed by atoms with Crippen LogP contribution in [0.3, 0.4) is 0 Å². The van der Waals surface area contributed by atoms with E-state index in [4.69, 9.17) is 0 Å². The summed E-state index contributed by atoms with van der Waals surface area (Å²) in [4.78, 5) is 3.14. The van der Waals surface area contributed by atoms with E-state index < -0.39 is 0 Å². The van der Waals surface area contributed by atoms with Crippen LogP contribution in [0.5, 0.6) is 0 Å². The number of likely N-dealkylation sites (tertiary alicyclic amines) is 1. The Bertz CT molecular complexity index is 717. The first-order valence-electron chi connectivity index (χ1n) is 14.2. The number of rotatable bonds is 3. The normalized spacial score (nSPS) is 40.2. The second-order valence-electron chi connectivity index (χ2n) is 12.0. The second-order valence-corrected chi connectivity index (χ2v) is 12.0. The second kappa shape index (κ2) is 9.20. The van der Waals surface area contributed by atoms with Gasteiger partial charge in [0.2, 0.25) is 0 Å². The van der Waals surface area contributed by atoms with Crippen LogP contribution in [-0.4, -0.2) is 23.0 Å². The third-order valence-corrected chi connectivity index (χ3v) is 10.4. The standard InChI is InChI=1S/C30H45N/c1-3-10-22(11-4-1)23-12-9-13-24(20-23)25-18-19-30-28(21-25)27-16-7-8-17-29(27)31(30)26-14-5-2-6-15-26/h9,13,18,20,22-23,26-30H,1-8,10-12,14-17,19,21H2. The van der Waals surface area contributed by atoms with Crippen molar-refractivity contribution in [1.82, 2.24) is 4.90 Å². The molecule has 3 saturated carbocycles. The van der Waals surface area contributed by atoms with Crippen LogP contribution in [0.2, 0.25) is 0 Å². The number of nitrogens with zero attached hydrogens (tertiary/aromatic N) is 1. The lowest BCUT2D eigenvalue weighted by molar-refractivity contribution is 0.0737. The Morgan fingerprint density at radius 2 is 1.42 bits per heavy atom. The molecule has 0 aromatic heterocycles. The Hall–Kier alpha value is -0.820. The van der Waals surface area contributed by atoms with Gasteiger partial charge in [0.25, 0.3) is 0 Å². The first kappa shape index (κ1) is 20.8. The molecule has 0 N–H and O–H groups in total. The zero-order chi connectivity index (χ0) is 20.6. The molecule has 6 aliphatic rings. The molecule has 0 aromatic rings. The third kappa shape index (κ3) is 4.03. The lowest BCUT2D eigenvalue weighted by Gasteiger charge is -2.42. The number of fused-ring (bicyclic) bond motifs is 3. The van der Waals surface area contributed by atoms with Crippen LogP contribution in [0.15, 0.2) is 35.5 Å². The Labute approximate surface area is 191 Å². The van der Waals surface area contributed by atoms with Gasteiger partial charge in [0, 0.05) is 18.1 Å². The van der Waals surface area contributed by atoms with E-state index in [0.717, 1.165) is 41.8 Å². The van der Waals surface area contributed by atoms with Gasteiger partial charge in [-0.3, -0.25) is 4.90 Å². The van der Waals surface area contributed by atoms with E-state index in [1.807, 2.05) is 0 Å². The van der Waals surface area contributed by atoms with E-state index in [0.29, 0.717) is 0 Å². The van der Waals surface area contributed by atoms with Gasteiger partial charge in [-0.2, -0.15) is 0 Å². The fraction of sp³-hybridized carbons (Fsp3) is 0.800. The smallest absolute Gasteiger partial charge is 0.0171 e. The molecule has 5 aliphatic carbocycles. The van der Waals surface area contributed by atoms with Crippen molar-refractivity contribution in [2.24, 2.45) is 23.7 Å². The van der Waals surface area contributed by atoms with Crippen molar-refractivity contribution in [3.8, 4) is 0 Å². The maximum Gasteiger partial charge on any atom is 0.0171 e. The topological polar surface area (TPSA) is 3.24 Å². The summed E-state index contributed by atoms with van der Waals surface area (Å²) in [5, 5.41) is 0. The lowest BCUT2D eigenvalue weighted by Crippen LogP contribution is -2.47. The summed E-state index contributed by atoms with van der Waals surface area (Å²) in [6, 6.07) is 2.70. The molecular weight excluding hydrogens is 374 g/mol. The minimum Gasteiger partial charge on any atom is -0.294 e. The first-order chi connectivity index (χ1) is 15.4. The van der Waals surface area contributed by atoms with Gasteiger partial charge in [-0.1, -0.05) is 75.7 Å². The van der Waals surface area contributed by atoms with Crippen LogP contribution in [0.4, 0.5) is 0 Å². The molecule has 0 bridgehead atoms.